The summed E-state index contributed by atoms with van der Waals surface area (Å²) in [4.78, 5) is 12.5. The molecule has 1 aliphatic rings. The van der Waals surface area contributed by atoms with Crippen LogP contribution in [0.4, 0.5) is 5.95 Å². The first-order chi connectivity index (χ1) is 12.3. The summed E-state index contributed by atoms with van der Waals surface area (Å²) in [5, 5.41) is 19.8. The SMILES string of the molecule is N#CC(=C1C=CC=C(Br)N1)c1ccnc(NCCCn2cncn2)n1. The zero-order valence-electron chi connectivity index (χ0n) is 13.2. The minimum atomic E-state index is 0.453. The number of rotatable bonds is 6. The third kappa shape index (κ3) is 4.51. The lowest BCUT2D eigenvalue weighted by Crippen LogP contribution is -2.13. The van der Waals surface area contributed by atoms with Crippen LogP contribution in [0.2, 0.25) is 0 Å². The van der Waals surface area contributed by atoms with Crippen molar-refractivity contribution < 1.29 is 0 Å². The van der Waals surface area contributed by atoms with Gasteiger partial charge in [0, 0.05) is 19.3 Å². The van der Waals surface area contributed by atoms with Gasteiger partial charge in [-0.05, 0) is 40.6 Å². The van der Waals surface area contributed by atoms with Crippen molar-refractivity contribution in [1.29, 1.82) is 5.26 Å². The molecule has 0 saturated heterocycles. The Hall–Kier alpha value is -2.99. The lowest BCUT2D eigenvalue weighted by Gasteiger charge is -2.12. The highest BCUT2D eigenvalue weighted by Gasteiger charge is 2.12. The summed E-state index contributed by atoms with van der Waals surface area (Å²) < 4.78 is 2.56. The van der Waals surface area contributed by atoms with E-state index in [0.717, 1.165) is 17.6 Å². The van der Waals surface area contributed by atoms with Gasteiger partial charge in [-0.15, -0.1) is 0 Å². The molecule has 0 saturated carbocycles. The number of hydrogen-bond acceptors (Lipinski definition) is 7. The molecular formula is C16H15BrN8. The summed E-state index contributed by atoms with van der Waals surface area (Å²) in [6.45, 7) is 1.45. The number of halogens is 1. The maximum Gasteiger partial charge on any atom is 0.223 e. The molecule has 0 aromatic carbocycles. The minimum Gasteiger partial charge on any atom is -0.354 e. The van der Waals surface area contributed by atoms with Crippen LogP contribution in [0.3, 0.4) is 0 Å². The molecule has 3 rings (SSSR count). The fraction of sp³-hybridized carbons (Fsp3) is 0.188. The van der Waals surface area contributed by atoms with E-state index in [1.54, 1.807) is 23.3 Å². The summed E-state index contributed by atoms with van der Waals surface area (Å²) in [6, 6.07) is 3.92. The van der Waals surface area contributed by atoms with Crippen molar-refractivity contribution in [3.05, 3.63) is 59.1 Å². The fourth-order valence-corrected chi connectivity index (χ4v) is 2.58. The Balaban J connectivity index is 1.66. The number of anilines is 1. The average molecular weight is 399 g/mol. The molecule has 2 N–H and O–H groups in total. The molecule has 0 aliphatic carbocycles. The molecule has 0 bridgehead atoms. The van der Waals surface area contributed by atoms with Crippen molar-refractivity contribution >= 4 is 27.5 Å². The van der Waals surface area contributed by atoms with Crippen LogP contribution >= 0.6 is 15.9 Å². The van der Waals surface area contributed by atoms with Gasteiger partial charge in [-0.25, -0.2) is 15.0 Å². The van der Waals surface area contributed by atoms with Crippen LogP contribution in [0, 0.1) is 11.3 Å². The van der Waals surface area contributed by atoms with Crippen molar-refractivity contribution in [3.63, 3.8) is 0 Å². The van der Waals surface area contributed by atoms with E-state index >= 15 is 0 Å². The van der Waals surface area contributed by atoms with E-state index in [2.05, 4.69) is 52.7 Å². The van der Waals surface area contributed by atoms with Crippen molar-refractivity contribution in [3.8, 4) is 6.07 Å². The Morgan fingerprint density at radius 3 is 3.12 bits per heavy atom. The van der Waals surface area contributed by atoms with Crippen LogP contribution in [0.15, 0.2) is 53.4 Å². The standard InChI is InChI=1S/C16H15BrN8/c17-15-4-1-3-13(23-15)12(9-18)14-5-7-21-16(24-14)20-6-2-8-25-11-19-10-22-25/h1,3-5,7,10-11,23H,2,6,8H2,(H,20,21,24). The second-order valence-corrected chi connectivity index (χ2v) is 5.96. The molecule has 9 heteroatoms. The summed E-state index contributed by atoms with van der Waals surface area (Å²) in [7, 11) is 0. The van der Waals surface area contributed by atoms with E-state index < -0.39 is 0 Å². The first-order valence-electron chi connectivity index (χ1n) is 7.61. The number of nitrogens with one attached hydrogen (secondary N) is 2. The van der Waals surface area contributed by atoms with Gasteiger partial charge in [-0.3, -0.25) is 4.68 Å². The molecule has 0 radical (unpaired) electrons. The smallest absolute Gasteiger partial charge is 0.223 e. The van der Waals surface area contributed by atoms with E-state index in [1.165, 1.54) is 6.33 Å². The highest BCUT2D eigenvalue weighted by atomic mass is 79.9. The second-order valence-electron chi connectivity index (χ2n) is 5.10. The van der Waals surface area contributed by atoms with Crippen LogP contribution in [-0.2, 0) is 6.54 Å². The molecule has 1 aliphatic heterocycles. The van der Waals surface area contributed by atoms with Gasteiger partial charge >= 0.3 is 0 Å². The number of allylic oxidation sites excluding steroid dienone is 4. The largest absolute Gasteiger partial charge is 0.354 e. The highest BCUT2D eigenvalue weighted by molar-refractivity contribution is 9.11. The summed E-state index contributed by atoms with van der Waals surface area (Å²) in [6.07, 6.45) is 11.2. The zero-order valence-corrected chi connectivity index (χ0v) is 14.8. The monoisotopic (exact) mass is 398 g/mol. The molecule has 25 heavy (non-hydrogen) atoms. The Morgan fingerprint density at radius 1 is 1.44 bits per heavy atom. The lowest BCUT2D eigenvalue weighted by molar-refractivity contribution is 0.589. The normalized spacial score (nSPS) is 15.1. The summed E-state index contributed by atoms with van der Waals surface area (Å²) in [5.74, 6) is 0.485. The molecule has 0 amide bonds. The highest BCUT2D eigenvalue weighted by Crippen LogP contribution is 2.20. The second kappa shape index (κ2) is 8.21. The van der Waals surface area contributed by atoms with Crippen LogP contribution in [0.25, 0.3) is 5.57 Å². The van der Waals surface area contributed by atoms with Gasteiger partial charge in [0.2, 0.25) is 5.95 Å². The van der Waals surface area contributed by atoms with Crippen LogP contribution in [0.1, 0.15) is 12.1 Å². The molecular weight excluding hydrogens is 384 g/mol. The van der Waals surface area contributed by atoms with Gasteiger partial charge in [-0.1, -0.05) is 6.08 Å². The first-order valence-corrected chi connectivity index (χ1v) is 8.40. The topological polar surface area (TPSA) is 104 Å². The lowest BCUT2D eigenvalue weighted by atomic mass is 10.1. The van der Waals surface area contributed by atoms with Crippen molar-refractivity contribution in [1.82, 2.24) is 30.0 Å². The first kappa shape index (κ1) is 16.9. The van der Waals surface area contributed by atoms with Gasteiger partial charge in [0.15, 0.2) is 0 Å². The number of hydrogen-bond donors (Lipinski definition) is 2. The van der Waals surface area contributed by atoms with Crippen LogP contribution in [0.5, 0.6) is 0 Å². The van der Waals surface area contributed by atoms with Crippen molar-refractivity contribution in [2.24, 2.45) is 0 Å². The predicted octanol–water partition coefficient (Wildman–Crippen LogP) is 2.20. The van der Waals surface area contributed by atoms with E-state index in [1.807, 2.05) is 18.2 Å². The quantitative estimate of drug-likeness (QED) is 0.436. The van der Waals surface area contributed by atoms with Gasteiger partial charge in [-0.2, -0.15) is 10.4 Å². The molecule has 8 nitrogen and oxygen atoms in total. The third-order valence-corrected chi connectivity index (χ3v) is 3.83. The summed E-state index contributed by atoms with van der Waals surface area (Å²) >= 11 is 3.37. The van der Waals surface area contributed by atoms with Gasteiger partial charge < -0.3 is 10.6 Å². The Morgan fingerprint density at radius 2 is 2.36 bits per heavy atom. The summed E-state index contributed by atoms with van der Waals surface area (Å²) in [5.41, 5.74) is 1.70. The zero-order chi connectivity index (χ0) is 17.5. The van der Waals surface area contributed by atoms with E-state index in [0.29, 0.717) is 29.5 Å². The molecule has 3 heterocycles. The number of aryl methyl sites for hydroxylation is 1. The molecule has 2 aromatic heterocycles. The number of aromatic nitrogens is 5. The van der Waals surface area contributed by atoms with Gasteiger partial charge in [0.05, 0.1) is 16.0 Å². The molecule has 0 unspecified atom stereocenters. The fourth-order valence-electron chi connectivity index (χ4n) is 2.21. The molecule has 0 spiro atoms. The number of dihydropyridines is 1. The van der Waals surface area contributed by atoms with Crippen LogP contribution < -0.4 is 10.6 Å². The van der Waals surface area contributed by atoms with E-state index in [9.17, 15) is 5.26 Å². The van der Waals surface area contributed by atoms with E-state index in [-0.39, 0.29) is 0 Å². The average Bonchev–Trinajstić information content (AvgIpc) is 3.13. The Kier molecular flexibility index (Phi) is 5.53. The third-order valence-electron chi connectivity index (χ3n) is 3.37. The molecule has 0 atom stereocenters. The minimum absolute atomic E-state index is 0.453. The van der Waals surface area contributed by atoms with Gasteiger partial charge in [0.1, 0.15) is 24.3 Å². The molecule has 2 aromatic rings. The number of nitrogens with zero attached hydrogens (tertiary/aromatic N) is 6. The van der Waals surface area contributed by atoms with Crippen molar-refractivity contribution in [2.75, 3.05) is 11.9 Å². The van der Waals surface area contributed by atoms with E-state index in [4.69, 9.17) is 0 Å². The van der Waals surface area contributed by atoms with Crippen molar-refractivity contribution in [2.45, 2.75) is 13.0 Å². The maximum absolute atomic E-state index is 9.52. The predicted molar refractivity (Wildman–Crippen MR) is 97.0 cm³/mol. The van der Waals surface area contributed by atoms with Gasteiger partial charge in [0.25, 0.3) is 0 Å². The Bertz CT molecular complexity index is 861. The molecule has 126 valence electrons. The maximum atomic E-state index is 9.52. The molecule has 0 fully saturated rings. The Labute approximate surface area is 153 Å². The number of nitriles is 1. The van der Waals surface area contributed by atoms with Crippen LogP contribution in [-0.4, -0.2) is 31.3 Å².